The SMILES string of the molecule is CCNC(CN1CCN(CC)CC1)c1ccc(CC)cc1. The van der Waals surface area contributed by atoms with Gasteiger partial charge in [-0.3, -0.25) is 4.90 Å². The van der Waals surface area contributed by atoms with E-state index in [1.807, 2.05) is 0 Å². The van der Waals surface area contributed by atoms with Crippen LogP contribution in [0.4, 0.5) is 0 Å². The summed E-state index contributed by atoms with van der Waals surface area (Å²) in [6.07, 6.45) is 1.12. The molecule has 1 saturated heterocycles. The van der Waals surface area contributed by atoms with Crippen molar-refractivity contribution in [3.05, 3.63) is 35.4 Å². The molecule has 0 saturated carbocycles. The van der Waals surface area contributed by atoms with E-state index in [0.29, 0.717) is 6.04 Å². The zero-order chi connectivity index (χ0) is 15.1. The van der Waals surface area contributed by atoms with E-state index in [4.69, 9.17) is 0 Å². The van der Waals surface area contributed by atoms with Gasteiger partial charge in [0.1, 0.15) is 0 Å². The number of nitrogens with zero attached hydrogens (tertiary/aromatic N) is 2. The van der Waals surface area contributed by atoms with Crippen LogP contribution in [0.1, 0.15) is 37.9 Å². The fraction of sp³-hybridized carbons (Fsp3) is 0.667. The van der Waals surface area contributed by atoms with Gasteiger partial charge in [-0.2, -0.15) is 0 Å². The molecule has 1 N–H and O–H groups in total. The monoisotopic (exact) mass is 289 g/mol. The minimum Gasteiger partial charge on any atom is -0.309 e. The molecule has 3 nitrogen and oxygen atoms in total. The molecule has 0 aromatic heterocycles. The standard InChI is InChI=1S/C18H31N3/c1-4-16-7-9-17(10-8-16)18(19-5-2)15-21-13-11-20(6-3)12-14-21/h7-10,18-19H,4-6,11-15H2,1-3H3. The molecule has 1 aromatic rings. The van der Waals surface area contributed by atoms with E-state index in [-0.39, 0.29) is 0 Å². The highest BCUT2D eigenvalue weighted by atomic mass is 15.3. The lowest BCUT2D eigenvalue weighted by molar-refractivity contribution is 0.127. The third-order valence-corrected chi connectivity index (χ3v) is 4.59. The van der Waals surface area contributed by atoms with Crippen molar-refractivity contribution in [3.8, 4) is 0 Å². The van der Waals surface area contributed by atoms with Gasteiger partial charge in [0.05, 0.1) is 0 Å². The van der Waals surface area contributed by atoms with Crippen LogP contribution in [0.5, 0.6) is 0 Å². The van der Waals surface area contributed by atoms with E-state index in [9.17, 15) is 0 Å². The van der Waals surface area contributed by atoms with E-state index in [1.165, 1.54) is 43.9 Å². The molecular weight excluding hydrogens is 258 g/mol. The fourth-order valence-electron chi connectivity index (χ4n) is 3.07. The van der Waals surface area contributed by atoms with Gasteiger partial charge in [-0.05, 0) is 30.6 Å². The van der Waals surface area contributed by atoms with E-state index in [1.54, 1.807) is 0 Å². The molecule has 0 bridgehead atoms. The molecule has 118 valence electrons. The Balaban J connectivity index is 1.95. The molecule has 0 spiro atoms. The van der Waals surface area contributed by atoms with Gasteiger partial charge in [0.15, 0.2) is 0 Å². The molecule has 3 heteroatoms. The maximum Gasteiger partial charge on any atom is 0.0449 e. The minimum atomic E-state index is 0.453. The van der Waals surface area contributed by atoms with Crippen LogP contribution >= 0.6 is 0 Å². The Labute approximate surface area is 130 Å². The molecule has 1 unspecified atom stereocenters. The Morgan fingerprint density at radius 2 is 1.57 bits per heavy atom. The maximum absolute atomic E-state index is 3.65. The lowest BCUT2D eigenvalue weighted by atomic mass is 10.0. The van der Waals surface area contributed by atoms with Crippen LogP contribution in [-0.4, -0.2) is 55.6 Å². The van der Waals surface area contributed by atoms with Crippen LogP contribution in [0.3, 0.4) is 0 Å². The van der Waals surface area contributed by atoms with Crippen molar-refractivity contribution in [1.29, 1.82) is 0 Å². The molecule has 1 aliphatic rings. The van der Waals surface area contributed by atoms with Crippen LogP contribution in [0.2, 0.25) is 0 Å². The van der Waals surface area contributed by atoms with Gasteiger partial charge < -0.3 is 10.2 Å². The van der Waals surface area contributed by atoms with Crippen molar-refractivity contribution >= 4 is 0 Å². The quantitative estimate of drug-likeness (QED) is 0.832. The van der Waals surface area contributed by atoms with Gasteiger partial charge >= 0.3 is 0 Å². The highest BCUT2D eigenvalue weighted by molar-refractivity contribution is 5.25. The van der Waals surface area contributed by atoms with Crippen LogP contribution in [-0.2, 0) is 6.42 Å². The molecule has 0 aliphatic carbocycles. The van der Waals surface area contributed by atoms with Crippen molar-refractivity contribution < 1.29 is 0 Å². The number of rotatable bonds is 7. The van der Waals surface area contributed by atoms with Gasteiger partial charge in [0.2, 0.25) is 0 Å². The molecule has 21 heavy (non-hydrogen) atoms. The third-order valence-electron chi connectivity index (χ3n) is 4.59. The maximum atomic E-state index is 3.65. The van der Waals surface area contributed by atoms with Crippen LogP contribution in [0, 0.1) is 0 Å². The normalized spacial score (nSPS) is 18.8. The summed E-state index contributed by atoms with van der Waals surface area (Å²) in [5.41, 5.74) is 2.84. The molecule has 0 amide bonds. The van der Waals surface area contributed by atoms with Gasteiger partial charge in [-0.25, -0.2) is 0 Å². The summed E-state index contributed by atoms with van der Waals surface area (Å²) in [6, 6.07) is 9.60. The summed E-state index contributed by atoms with van der Waals surface area (Å²) in [5, 5.41) is 3.65. The molecular formula is C18H31N3. The van der Waals surface area contributed by atoms with Gasteiger partial charge in [0.25, 0.3) is 0 Å². The highest BCUT2D eigenvalue weighted by Crippen LogP contribution is 2.17. The number of nitrogens with one attached hydrogen (secondary N) is 1. The summed E-state index contributed by atoms with van der Waals surface area (Å²) in [5.74, 6) is 0. The second kappa shape index (κ2) is 8.52. The number of hydrogen-bond acceptors (Lipinski definition) is 3. The predicted octanol–water partition coefficient (Wildman–Crippen LogP) is 2.54. The van der Waals surface area contributed by atoms with Gasteiger partial charge in [-0.15, -0.1) is 0 Å². The lowest BCUT2D eigenvalue weighted by Gasteiger charge is -2.36. The molecule has 1 fully saturated rings. The van der Waals surface area contributed by atoms with Crippen molar-refractivity contribution in [1.82, 2.24) is 15.1 Å². The molecule has 1 atom stereocenters. The second-order valence-corrected chi connectivity index (χ2v) is 5.94. The minimum absolute atomic E-state index is 0.453. The van der Waals surface area contributed by atoms with Gasteiger partial charge in [-0.1, -0.05) is 45.0 Å². The van der Waals surface area contributed by atoms with Crippen LogP contribution in [0.25, 0.3) is 0 Å². The van der Waals surface area contributed by atoms with Crippen molar-refractivity contribution in [2.75, 3.05) is 45.8 Å². The van der Waals surface area contributed by atoms with Crippen LogP contribution < -0.4 is 5.32 Å². The zero-order valence-electron chi connectivity index (χ0n) is 13.9. The van der Waals surface area contributed by atoms with Crippen molar-refractivity contribution in [2.24, 2.45) is 0 Å². The highest BCUT2D eigenvalue weighted by Gasteiger charge is 2.19. The van der Waals surface area contributed by atoms with Gasteiger partial charge in [0, 0.05) is 38.8 Å². The first kappa shape index (κ1) is 16.5. The third kappa shape index (κ3) is 4.80. The molecule has 0 radical (unpaired) electrons. The number of benzene rings is 1. The first-order valence-corrected chi connectivity index (χ1v) is 8.53. The van der Waals surface area contributed by atoms with E-state index < -0.39 is 0 Å². The average molecular weight is 289 g/mol. The Morgan fingerprint density at radius 3 is 2.10 bits per heavy atom. The second-order valence-electron chi connectivity index (χ2n) is 5.94. The summed E-state index contributed by atoms with van der Waals surface area (Å²) < 4.78 is 0. The predicted molar refractivity (Wildman–Crippen MR) is 90.8 cm³/mol. The summed E-state index contributed by atoms with van der Waals surface area (Å²) in [4.78, 5) is 5.14. The first-order chi connectivity index (χ1) is 10.3. The number of aryl methyl sites for hydroxylation is 1. The van der Waals surface area contributed by atoms with Crippen molar-refractivity contribution in [2.45, 2.75) is 33.2 Å². The van der Waals surface area contributed by atoms with E-state index >= 15 is 0 Å². The average Bonchev–Trinajstić information content (AvgIpc) is 2.55. The lowest BCUT2D eigenvalue weighted by Crippen LogP contribution is -2.48. The number of hydrogen-bond donors (Lipinski definition) is 1. The largest absolute Gasteiger partial charge is 0.309 e. The summed E-state index contributed by atoms with van der Waals surface area (Å²) in [7, 11) is 0. The molecule has 1 aromatic carbocycles. The Morgan fingerprint density at radius 1 is 0.952 bits per heavy atom. The Kier molecular flexibility index (Phi) is 6.68. The molecule has 1 aliphatic heterocycles. The zero-order valence-corrected chi connectivity index (χ0v) is 13.9. The number of piperazine rings is 1. The van der Waals surface area contributed by atoms with Crippen LogP contribution in [0.15, 0.2) is 24.3 Å². The first-order valence-electron chi connectivity index (χ1n) is 8.53. The topological polar surface area (TPSA) is 18.5 Å². The summed E-state index contributed by atoms with van der Waals surface area (Å²) in [6.45, 7) is 14.8. The molecule has 2 rings (SSSR count). The van der Waals surface area contributed by atoms with E-state index in [0.717, 1.165) is 19.5 Å². The number of likely N-dealkylation sites (N-methyl/N-ethyl adjacent to an activating group) is 2. The molecule has 1 heterocycles. The van der Waals surface area contributed by atoms with Crippen molar-refractivity contribution in [3.63, 3.8) is 0 Å². The smallest absolute Gasteiger partial charge is 0.0449 e. The Bertz CT molecular complexity index is 393. The summed E-state index contributed by atoms with van der Waals surface area (Å²) >= 11 is 0. The fourth-order valence-corrected chi connectivity index (χ4v) is 3.07. The Hall–Kier alpha value is -0.900. The van der Waals surface area contributed by atoms with E-state index in [2.05, 4.69) is 60.2 Å².